The monoisotopic (exact) mass is 248 g/mol. The molecule has 1 amide bonds. The first kappa shape index (κ1) is 12.4. The van der Waals surface area contributed by atoms with E-state index in [1.54, 1.807) is 12.5 Å². The average molecular weight is 248 g/mol. The Balaban J connectivity index is 1.97. The molecule has 96 valence electrons. The summed E-state index contributed by atoms with van der Waals surface area (Å²) < 4.78 is 5.37. The number of hydrogen-bond acceptors (Lipinski definition) is 4. The molecule has 1 atom stereocenters. The van der Waals surface area contributed by atoms with Crippen molar-refractivity contribution in [3.63, 3.8) is 0 Å². The predicted octanol–water partition coefficient (Wildman–Crippen LogP) is 1.04. The molecular formula is C12H16N4O2. The Labute approximate surface area is 105 Å². The largest absolute Gasteiger partial charge is 0.468 e. The van der Waals surface area contributed by atoms with Crippen molar-refractivity contribution >= 4 is 5.91 Å². The zero-order valence-electron chi connectivity index (χ0n) is 10.4. The summed E-state index contributed by atoms with van der Waals surface area (Å²) in [5.74, 6) is 0.676. The maximum absolute atomic E-state index is 11.8. The summed E-state index contributed by atoms with van der Waals surface area (Å²) in [5.41, 5.74) is 0.520. The third-order valence-corrected chi connectivity index (χ3v) is 2.71. The summed E-state index contributed by atoms with van der Waals surface area (Å²) in [5, 5.41) is 9.20. The second kappa shape index (κ2) is 5.50. The number of furan rings is 1. The lowest BCUT2D eigenvalue weighted by molar-refractivity contribution is 0.0939. The number of aromatic nitrogens is 2. The summed E-state index contributed by atoms with van der Waals surface area (Å²) in [7, 11) is 3.88. The highest BCUT2D eigenvalue weighted by Crippen LogP contribution is 2.17. The first-order valence-corrected chi connectivity index (χ1v) is 5.65. The Morgan fingerprint density at radius 1 is 1.61 bits per heavy atom. The molecule has 0 radical (unpaired) electrons. The first-order valence-electron chi connectivity index (χ1n) is 5.65. The number of carbonyl (C=O) groups is 1. The number of hydrogen-bond donors (Lipinski definition) is 2. The van der Waals surface area contributed by atoms with Crippen LogP contribution in [-0.2, 0) is 0 Å². The van der Waals surface area contributed by atoms with E-state index in [0.717, 1.165) is 5.76 Å². The van der Waals surface area contributed by atoms with Gasteiger partial charge in [-0.25, -0.2) is 0 Å². The van der Waals surface area contributed by atoms with Crippen LogP contribution in [0.5, 0.6) is 0 Å². The minimum Gasteiger partial charge on any atom is -0.468 e. The van der Waals surface area contributed by atoms with Gasteiger partial charge in [-0.15, -0.1) is 0 Å². The molecule has 6 heteroatoms. The topological polar surface area (TPSA) is 74.2 Å². The third kappa shape index (κ3) is 2.78. The van der Waals surface area contributed by atoms with Crippen molar-refractivity contribution < 1.29 is 9.21 Å². The Kier molecular flexibility index (Phi) is 3.78. The normalized spacial score (nSPS) is 12.6. The number of likely N-dealkylation sites (N-methyl/N-ethyl adjacent to an activating group) is 1. The number of nitrogens with zero attached hydrogens (tertiary/aromatic N) is 2. The lowest BCUT2D eigenvalue weighted by Gasteiger charge is -2.22. The standard InChI is InChI=1S/C12H16N4O2/c1-16(2)10(11-4-3-5-18-11)8-13-12(17)9-6-14-15-7-9/h3-7,10H,8H2,1-2H3,(H,13,17)(H,14,15). The highest BCUT2D eigenvalue weighted by atomic mass is 16.3. The Morgan fingerprint density at radius 2 is 2.44 bits per heavy atom. The smallest absolute Gasteiger partial charge is 0.254 e. The van der Waals surface area contributed by atoms with Crippen LogP contribution in [0.1, 0.15) is 22.2 Å². The van der Waals surface area contributed by atoms with Crippen LogP contribution in [-0.4, -0.2) is 41.6 Å². The number of aromatic amines is 1. The molecule has 2 aromatic heterocycles. The van der Waals surface area contributed by atoms with Gasteiger partial charge in [0.25, 0.3) is 5.91 Å². The molecule has 0 spiro atoms. The summed E-state index contributed by atoms with van der Waals surface area (Å²) in [6, 6.07) is 3.74. The quantitative estimate of drug-likeness (QED) is 0.829. The summed E-state index contributed by atoms with van der Waals surface area (Å²) in [4.78, 5) is 13.8. The number of carbonyl (C=O) groups excluding carboxylic acids is 1. The SMILES string of the molecule is CN(C)C(CNC(=O)c1cn[nH]c1)c1ccco1. The molecule has 2 heterocycles. The van der Waals surface area contributed by atoms with Gasteiger partial charge in [0, 0.05) is 12.7 Å². The van der Waals surface area contributed by atoms with Gasteiger partial charge in [-0.2, -0.15) is 5.10 Å². The summed E-state index contributed by atoms with van der Waals surface area (Å²) in [6.07, 6.45) is 4.68. The van der Waals surface area contributed by atoms with Crippen LogP contribution in [0.25, 0.3) is 0 Å². The lowest BCUT2D eigenvalue weighted by atomic mass is 10.2. The van der Waals surface area contributed by atoms with Crippen molar-refractivity contribution in [2.45, 2.75) is 6.04 Å². The van der Waals surface area contributed by atoms with Crippen LogP contribution in [0.15, 0.2) is 35.2 Å². The molecule has 2 N–H and O–H groups in total. The maximum Gasteiger partial charge on any atom is 0.254 e. The van der Waals surface area contributed by atoms with Crippen LogP contribution in [0.4, 0.5) is 0 Å². The minimum atomic E-state index is -0.151. The highest BCUT2D eigenvalue weighted by Gasteiger charge is 2.18. The van der Waals surface area contributed by atoms with Crippen LogP contribution >= 0.6 is 0 Å². The third-order valence-electron chi connectivity index (χ3n) is 2.71. The molecule has 0 aliphatic rings. The maximum atomic E-state index is 11.8. The van der Waals surface area contributed by atoms with E-state index in [-0.39, 0.29) is 11.9 Å². The molecule has 0 saturated carbocycles. The van der Waals surface area contributed by atoms with E-state index in [1.807, 2.05) is 31.1 Å². The molecule has 2 aromatic rings. The lowest BCUT2D eigenvalue weighted by Crippen LogP contribution is -2.34. The van der Waals surface area contributed by atoms with E-state index in [1.165, 1.54) is 6.20 Å². The number of nitrogens with one attached hydrogen (secondary N) is 2. The van der Waals surface area contributed by atoms with Gasteiger partial charge < -0.3 is 9.73 Å². The van der Waals surface area contributed by atoms with Crippen molar-refractivity contribution in [3.05, 3.63) is 42.1 Å². The van der Waals surface area contributed by atoms with E-state index in [9.17, 15) is 4.79 Å². The molecule has 0 aliphatic carbocycles. The fraction of sp³-hybridized carbons (Fsp3) is 0.333. The molecule has 18 heavy (non-hydrogen) atoms. The van der Waals surface area contributed by atoms with Gasteiger partial charge in [0.15, 0.2) is 0 Å². The van der Waals surface area contributed by atoms with Crippen molar-refractivity contribution in [1.29, 1.82) is 0 Å². The minimum absolute atomic E-state index is 0.0100. The van der Waals surface area contributed by atoms with E-state index < -0.39 is 0 Å². The molecule has 2 rings (SSSR count). The number of amides is 1. The zero-order valence-corrected chi connectivity index (χ0v) is 10.4. The fourth-order valence-corrected chi connectivity index (χ4v) is 1.69. The van der Waals surface area contributed by atoms with Gasteiger partial charge >= 0.3 is 0 Å². The molecular weight excluding hydrogens is 232 g/mol. The van der Waals surface area contributed by atoms with Crippen molar-refractivity contribution in [2.24, 2.45) is 0 Å². The molecule has 0 saturated heterocycles. The summed E-state index contributed by atoms with van der Waals surface area (Å²) >= 11 is 0. The van der Waals surface area contributed by atoms with Crippen molar-refractivity contribution in [1.82, 2.24) is 20.4 Å². The zero-order chi connectivity index (χ0) is 13.0. The van der Waals surface area contributed by atoms with Crippen molar-refractivity contribution in [3.8, 4) is 0 Å². The molecule has 1 unspecified atom stereocenters. The van der Waals surface area contributed by atoms with E-state index >= 15 is 0 Å². The van der Waals surface area contributed by atoms with Crippen LogP contribution in [0.3, 0.4) is 0 Å². The highest BCUT2D eigenvalue weighted by molar-refractivity contribution is 5.93. The van der Waals surface area contributed by atoms with E-state index in [0.29, 0.717) is 12.1 Å². The van der Waals surface area contributed by atoms with Crippen LogP contribution in [0.2, 0.25) is 0 Å². The van der Waals surface area contributed by atoms with Gasteiger partial charge in [0.05, 0.1) is 24.1 Å². The number of H-pyrrole nitrogens is 1. The molecule has 0 aromatic carbocycles. The van der Waals surface area contributed by atoms with E-state index in [2.05, 4.69) is 15.5 Å². The van der Waals surface area contributed by atoms with Gasteiger partial charge in [0.2, 0.25) is 0 Å². The average Bonchev–Trinajstić information content (AvgIpc) is 3.01. The molecule has 0 bridgehead atoms. The van der Waals surface area contributed by atoms with Gasteiger partial charge in [-0.05, 0) is 26.2 Å². The predicted molar refractivity (Wildman–Crippen MR) is 66.1 cm³/mol. The van der Waals surface area contributed by atoms with Crippen molar-refractivity contribution in [2.75, 3.05) is 20.6 Å². The first-order chi connectivity index (χ1) is 8.68. The Morgan fingerprint density at radius 3 is 3.00 bits per heavy atom. The molecule has 6 nitrogen and oxygen atoms in total. The Bertz CT molecular complexity index is 476. The summed E-state index contributed by atoms with van der Waals surface area (Å²) in [6.45, 7) is 0.477. The van der Waals surface area contributed by atoms with Crippen LogP contribution < -0.4 is 5.32 Å². The Hall–Kier alpha value is -2.08. The fourth-order valence-electron chi connectivity index (χ4n) is 1.69. The van der Waals surface area contributed by atoms with E-state index in [4.69, 9.17) is 4.42 Å². The van der Waals surface area contributed by atoms with Gasteiger partial charge in [0.1, 0.15) is 5.76 Å². The molecule has 0 aliphatic heterocycles. The second-order valence-corrected chi connectivity index (χ2v) is 4.19. The van der Waals surface area contributed by atoms with Gasteiger partial charge in [-0.1, -0.05) is 0 Å². The van der Waals surface area contributed by atoms with Gasteiger partial charge in [-0.3, -0.25) is 14.8 Å². The second-order valence-electron chi connectivity index (χ2n) is 4.19. The number of rotatable bonds is 5. The molecule has 0 fully saturated rings. The van der Waals surface area contributed by atoms with Crippen LogP contribution in [0, 0.1) is 0 Å².